The number of aromatic nitrogens is 2. The van der Waals surface area contributed by atoms with Crippen molar-refractivity contribution in [2.24, 2.45) is 0 Å². The van der Waals surface area contributed by atoms with E-state index in [9.17, 15) is 4.79 Å². The average Bonchev–Trinajstić information content (AvgIpc) is 3.33. The highest BCUT2D eigenvalue weighted by Crippen LogP contribution is 2.33. The number of carbonyl (C=O) groups is 1. The molecule has 3 aromatic rings. The number of benzene rings is 2. The van der Waals surface area contributed by atoms with Gasteiger partial charge in [0, 0.05) is 18.8 Å². The third-order valence-electron chi connectivity index (χ3n) is 4.47. The summed E-state index contributed by atoms with van der Waals surface area (Å²) in [6.45, 7) is 3.40. The van der Waals surface area contributed by atoms with Crippen molar-refractivity contribution in [3.63, 3.8) is 0 Å². The summed E-state index contributed by atoms with van der Waals surface area (Å²) in [6.07, 6.45) is 0.922. The van der Waals surface area contributed by atoms with Crippen LogP contribution in [0, 0.1) is 0 Å². The number of hydrogen-bond acceptors (Lipinski definition) is 6. The Labute approximate surface area is 166 Å². The molecule has 1 aromatic heterocycles. The third kappa shape index (κ3) is 4.14. The van der Waals surface area contributed by atoms with E-state index in [4.69, 9.17) is 0 Å². The Morgan fingerprint density at radius 1 is 1.19 bits per heavy atom. The molecule has 1 atom stereocenters. The number of para-hydroxylation sites is 1. The fraction of sp³-hybridized carbons (Fsp3) is 0.250. The van der Waals surface area contributed by atoms with Gasteiger partial charge >= 0.3 is 0 Å². The lowest BCUT2D eigenvalue weighted by molar-refractivity contribution is -0.117. The molecule has 4 rings (SSSR count). The van der Waals surface area contributed by atoms with Crippen molar-refractivity contribution in [3.8, 4) is 0 Å². The zero-order valence-corrected chi connectivity index (χ0v) is 16.6. The van der Waals surface area contributed by atoms with Crippen LogP contribution in [0.4, 0.5) is 10.8 Å². The second kappa shape index (κ2) is 8.10. The van der Waals surface area contributed by atoms with Crippen LogP contribution < -0.4 is 10.2 Å². The van der Waals surface area contributed by atoms with Crippen molar-refractivity contribution < 1.29 is 4.79 Å². The Balaban J connectivity index is 1.35. The predicted molar refractivity (Wildman–Crippen MR) is 111 cm³/mol. The number of anilines is 2. The van der Waals surface area contributed by atoms with Crippen LogP contribution in [-0.4, -0.2) is 27.9 Å². The van der Waals surface area contributed by atoms with E-state index in [0.717, 1.165) is 28.1 Å². The van der Waals surface area contributed by atoms with Crippen LogP contribution in [0.15, 0.2) is 58.9 Å². The molecule has 2 aromatic carbocycles. The molecule has 0 radical (unpaired) electrons. The molecule has 27 heavy (non-hydrogen) atoms. The number of thioether (sulfide) groups is 1. The number of nitrogens with one attached hydrogen (secondary N) is 1. The second-order valence-electron chi connectivity index (χ2n) is 6.34. The fourth-order valence-corrected chi connectivity index (χ4v) is 5.04. The van der Waals surface area contributed by atoms with E-state index < -0.39 is 0 Å². The molecule has 0 fully saturated rings. The van der Waals surface area contributed by atoms with Crippen LogP contribution in [-0.2, 0) is 17.8 Å². The summed E-state index contributed by atoms with van der Waals surface area (Å²) in [5, 5.41) is 12.3. The monoisotopic (exact) mass is 396 g/mol. The van der Waals surface area contributed by atoms with Crippen molar-refractivity contribution in [1.82, 2.24) is 10.2 Å². The molecular formula is C20H20N4OS2. The molecule has 5 nitrogen and oxygen atoms in total. The molecule has 0 bridgehead atoms. The fourth-order valence-electron chi connectivity index (χ4n) is 3.09. The summed E-state index contributed by atoms with van der Waals surface area (Å²) in [7, 11) is 0. The highest BCUT2D eigenvalue weighted by atomic mass is 32.2. The topological polar surface area (TPSA) is 58.1 Å². The van der Waals surface area contributed by atoms with Gasteiger partial charge in [0.1, 0.15) is 0 Å². The van der Waals surface area contributed by atoms with Crippen molar-refractivity contribution >= 4 is 39.8 Å². The maximum atomic E-state index is 12.9. The van der Waals surface area contributed by atoms with E-state index in [2.05, 4.69) is 33.7 Å². The zero-order chi connectivity index (χ0) is 18.6. The largest absolute Gasteiger partial charge is 0.356 e. The van der Waals surface area contributed by atoms with E-state index in [1.807, 2.05) is 48.2 Å². The predicted octanol–water partition coefficient (Wildman–Crippen LogP) is 4.22. The summed E-state index contributed by atoms with van der Waals surface area (Å²) in [5.74, 6) is 0.124. The van der Waals surface area contributed by atoms with Crippen molar-refractivity contribution in [2.45, 2.75) is 29.5 Å². The quantitative estimate of drug-likeness (QED) is 0.632. The van der Waals surface area contributed by atoms with Gasteiger partial charge in [-0.1, -0.05) is 71.6 Å². The van der Waals surface area contributed by atoms with Gasteiger partial charge < -0.3 is 10.2 Å². The van der Waals surface area contributed by atoms with Crippen LogP contribution in [0.5, 0.6) is 0 Å². The molecule has 2 heterocycles. The number of hydrogen-bond donors (Lipinski definition) is 1. The molecule has 0 aliphatic carbocycles. The normalized spacial score (nSPS) is 14.0. The number of fused-ring (bicyclic) bond motifs is 1. The molecule has 1 amide bonds. The Morgan fingerprint density at radius 2 is 1.96 bits per heavy atom. The van der Waals surface area contributed by atoms with Crippen molar-refractivity contribution in [1.29, 1.82) is 0 Å². The first-order chi connectivity index (χ1) is 13.2. The van der Waals surface area contributed by atoms with Gasteiger partial charge in [-0.15, -0.1) is 10.2 Å². The van der Waals surface area contributed by atoms with E-state index in [1.54, 1.807) is 0 Å². The van der Waals surface area contributed by atoms with Crippen LogP contribution >= 0.6 is 23.1 Å². The molecule has 1 N–H and O–H groups in total. The molecule has 0 unspecified atom stereocenters. The van der Waals surface area contributed by atoms with Crippen molar-refractivity contribution in [3.05, 3.63) is 65.7 Å². The number of nitrogens with zero attached hydrogens (tertiary/aromatic N) is 3. The standard InChI is InChI=1S/C20H20N4OS2/c1-14(18(25)24-12-11-16-9-5-6-10-17(16)24)26-20-23-22-19(27-20)21-13-15-7-3-2-4-8-15/h2-10,14H,11-13H2,1H3,(H,21,22)/t14-/m1/s1. The summed E-state index contributed by atoms with van der Waals surface area (Å²) in [5.41, 5.74) is 3.47. The summed E-state index contributed by atoms with van der Waals surface area (Å²) >= 11 is 2.95. The van der Waals surface area contributed by atoms with Crippen LogP contribution in [0.3, 0.4) is 0 Å². The van der Waals surface area contributed by atoms with Gasteiger partial charge in [0.2, 0.25) is 11.0 Å². The van der Waals surface area contributed by atoms with Crippen LogP contribution in [0.1, 0.15) is 18.1 Å². The van der Waals surface area contributed by atoms with Gasteiger partial charge in [0.05, 0.1) is 5.25 Å². The summed E-state index contributed by atoms with van der Waals surface area (Å²) in [4.78, 5) is 14.8. The average molecular weight is 397 g/mol. The summed E-state index contributed by atoms with van der Waals surface area (Å²) < 4.78 is 0.805. The molecular weight excluding hydrogens is 376 g/mol. The van der Waals surface area contributed by atoms with Gasteiger partial charge in [0.15, 0.2) is 4.34 Å². The molecule has 0 saturated heterocycles. The molecule has 1 aliphatic rings. The Kier molecular flexibility index (Phi) is 5.40. The molecule has 0 spiro atoms. The van der Waals surface area contributed by atoms with Gasteiger partial charge in [-0.2, -0.15) is 0 Å². The van der Waals surface area contributed by atoms with Crippen LogP contribution in [0.25, 0.3) is 0 Å². The third-order valence-corrected chi connectivity index (χ3v) is 6.52. The van der Waals surface area contributed by atoms with Crippen LogP contribution in [0.2, 0.25) is 0 Å². The lowest BCUT2D eigenvalue weighted by Crippen LogP contribution is -2.35. The lowest BCUT2D eigenvalue weighted by Gasteiger charge is -2.20. The van der Waals surface area contributed by atoms with E-state index in [0.29, 0.717) is 6.54 Å². The second-order valence-corrected chi connectivity index (χ2v) is 8.91. The minimum atomic E-state index is -0.203. The van der Waals surface area contributed by atoms with E-state index >= 15 is 0 Å². The minimum Gasteiger partial charge on any atom is -0.356 e. The van der Waals surface area contributed by atoms with Gasteiger partial charge in [-0.3, -0.25) is 4.79 Å². The SMILES string of the molecule is C[C@@H](Sc1nnc(NCc2ccccc2)s1)C(=O)N1CCc2ccccc21. The highest BCUT2D eigenvalue weighted by Gasteiger charge is 2.28. The first-order valence-electron chi connectivity index (χ1n) is 8.88. The smallest absolute Gasteiger partial charge is 0.240 e. The number of rotatable bonds is 6. The molecule has 138 valence electrons. The van der Waals surface area contributed by atoms with E-state index in [1.165, 1.54) is 34.2 Å². The Hall–Kier alpha value is -2.38. The number of carbonyl (C=O) groups excluding carboxylic acids is 1. The Morgan fingerprint density at radius 3 is 2.81 bits per heavy atom. The van der Waals surface area contributed by atoms with Gasteiger partial charge in [-0.25, -0.2) is 0 Å². The first-order valence-corrected chi connectivity index (χ1v) is 10.6. The number of amides is 1. The van der Waals surface area contributed by atoms with E-state index in [-0.39, 0.29) is 11.2 Å². The Bertz CT molecular complexity index is 928. The first kappa shape index (κ1) is 18.0. The highest BCUT2D eigenvalue weighted by molar-refractivity contribution is 8.02. The van der Waals surface area contributed by atoms with Crippen molar-refractivity contribution in [2.75, 3.05) is 16.8 Å². The molecule has 1 aliphatic heterocycles. The van der Waals surface area contributed by atoms with Gasteiger partial charge in [0.25, 0.3) is 0 Å². The molecule has 0 saturated carbocycles. The maximum absolute atomic E-state index is 12.9. The summed E-state index contributed by atoms with van der Waals surface area (Å²) in [6, 6.07) is 18.3. The minimum absolute atomic E-state index is 0.124. The van der Waals surface area contributed by atoms with Gasteiger partial charge in [-0.05, 0) is 30.5 Å². The lowest BCUT2D eigenvalue weighted by atomic mass is 10.2. The zero-order valence-electron chi connectivity index (χ0n) is 15.0. The maximum Gasteiger partial charge on any atom is 0.240 e. The molecule has 7 heteroatoms.